The van der Waals surface area contributed by atoms with Gasteiger partial charge in [0.1, 0.15) is 5.82 Å². The Labute approximate surface area is 165 Å². The lowest BCUT2D eigenvalue weighted by Crippen LogP contribution is -2.10. The Hall–Kier alpha value is -3.20. The predicted molar refractivity (Wildman–Crippen MR) is 105 cm³/mol. The van der Waals surface area contributed by atoms with Gasteiger partial charge >= 0.3 is 6.18 Å². The number of aliphatic hydroxyl groups excluding tert-OH is 1. The van der Waals surface area contributed by atoms with Crippen LogP contribution in [0.3, 0.4) is 0 Å². The molecule has 29 heavy (non-hydrogen) atoms. The number of aromatic nitrogens is 3. The number of pyridine rings is 1. The molecule has 0 bridgehead atoms. The average Bonchev–Trinajstić information content (AvgIpc) is 2.69. The van der Waals surface area contributed by atoms with E-state index < -0.39 is 11.7 Å². The van der Waals surface area contributed by atoms with Crippen molar-refractivity contribution in [1.29, 1.82) is 0 Å². The van der Waals surface area contributed by atoms with Gasteiger partial charge in [-0.05, 0) is 43.2 Å². The normalized spacial score (nSPS) is 11.3. The van der Waals surface area contributed by atoms with Gasteiger partial charge in [0, 0.05) is 31.1 Å². The van der Waals surface area contributed by atoms with Crippen LogP contribution in [0.15, 0.2) is 48.7 Å². The van der Waals surface area contributed by atoms with Crippen LogP contribution < -0.4 is 10.6 Å². The number of aliphatic hydroxyl groups is 1. The van der Waals surface area contributed by atoms with E-state index in [0.29, 0.717) is 30.2 Å². The molecule has 0 spiro atoms. The van der Waals surface area contributed by atoms with Crippen molar-refractivity contribution in [2.75, 3.05) is 23.8 Å². The van der Waals surface area contributed by atoms with Crippen molar-refractivity contribution < 1.29 is 18.3 Å². The van der Waals surface area contributed by atoms with E-state index in [2.05, 4.69) is 25.6 Å². The van der Waals surface area contributed by atoms with Crippen LogP contribution in [-0.2, 0) is 6.18 Å². The van der Waals surface area contributed by atoms with Crippen molar-refractivity contribution in [3.8, 4) is 11.4 Å². The van der Waals surface area contributed by atoms with Crippen molar-refractivity contribution in [2.45, 2.75) is 19.5 Å². The average molecular weight is 403 g/mol. The Morgan fingerprint density at radius 3 is 2.55 bits per heavy atom. The fourth-order valence-corrected chi connectivity index (χ4v) is 2.67. The molecule has 0 fully saturated rings. The monoisotopic (exact) mass is 403 g/mol. The molecule has 2 aromatic heterocycles. The smallest absolute Gasteiger partial charge is 0.396 e. The van der Waals surface area contributed by atoms with E-state index in [1.807, 2.05) is 6.07 Å². The van der Waals surface area contributed by atoms with E-state index in [0.717, 1.165) is 6.07 Å². The topological polar surface area (TPSA) is 83.0 Å². The summed E-state index contributed by atoms with van der Waals surface area (Å²) in [6, 6.07) is 11.0. The third-order valence-electron chi connectivity index (χ3n) is 4.09. The minimum Gasteiger partial charge on any atom is -0.396 e. The summed E-state index contributed by atoms with van der Waals surface area (Å²) in [6.07, 6.45) is -2.31. The van der Waals surface area contributed by atoms with Crippen LogP contribution in [0.5, 0.6) is 0 Å². The lowest BCUT2D eigenvalue weighted by molar-refractivity contribution is -0.138. The molecular weight excluding hydrogens is 383 g/mol. The third-order valence-corrected chi connectivity index (χ3v) is 4.09. The second kappa shape index (κ2) is 8.87. The Balaban J connectivity index is 1.95. The molecule has 0 saturated heterocycles. The van der Waals surface area contributed by atoms with Crippen molar-refractivity contribution in [2.24, 2.45) is 0 Å². The van der Waals surface area contributed by atoms with Gasteiger partial charge in [-0.15, -0.1) is 0 Å². The highest BCUT2D eigenvalue weighted by molar-refractivity contribution is 5.66. The van der Waals surface area contributed by atoms with Crippen molar-refractivity contribution in [3.05, 3.63) is 59.8 Å². The minimum absolute atomic E-state index is 0.0155. The van der Waals surface area contributed by atoms with E-state index in [1.165, 1.54) is 13.0 Å². The van der Waals surface area contributed by atoms with Gasteiger partial charge in [0.05, 0.1) is 17.0 Å². The number of hydrogen-bond donors (Lipinski definition) is 3. The third kappa shape index (κ3) is 5.41. The molecule has 2 heterocycles. The predicted octanol–water partition coefficient (Wildman–Crippen LogP) is 4.40. The molecule has 1 aromatic carbocycles. The zero-order valence-corrected chi connectivity index (χ0v) is 15.7. The summed E-state index contributed by atoms with van der Waals surface area (Å²) in [7, 11) is 0. The Morgan fingerprint density at radius 1 is 1.03 bits per heavy atom. The molecule has 9 heteroatoms. The number of benzene rings is 1. The number of aryl methyl sites for hydroxylation is 1. The van der Waals surface area contributed by atoms with Crippen LogP contribution in [0.2, 0.25) is 0 Å². The number of rotatable bonds is 7. The Bertz CT molecular complexity index is 964. The second-order valence-corrected chi connectivity index (χ2v) is 6.33. The van der Waals surface area contributed by atoms with Crippen LogP contribution in [0.4, 0.5) is 30.6 Å². The summed E-state index contributed by atoms with van der Waals surface area (Å²) < 4.78 is 39.6. The summed E-state index contributed by atoms with van der Waals surface area (Å²) in [5.41, 5.74) is 0.810. The van der Waals surface area contributed by atoms with Gasteiger partial charge in [-0.2, -0.15) is 18.2 Å². The van der Waals surface area contributed by atoms with Gasteiger partial charge in [0.15, 0.2) is 0 Å². The maximum atomic E-state index is 13.2. The molecule has 3 N–H and O–H groups in total. The molecule has 3 rings (SSSR count). The van der Waals surface area contributed by atoms with E-state index in [1.54, 1.807) is 30.5 Å². The summed E-state index contributed by atoms with van der Waals surface area (Å²) >= 11 is 0. The second-order valence-electron chi connectivity index (χ2n) is 6.33. The number of hydrogen-bond acceptors (Lipinski definition) is 6. The first-order valence-corrected chi connectivity index (χ1v) is 8.97. The van der Waals surface area contributed by atoms with Gasteiger partial charge in [-0.3, -0.25) is 4.98 Å². The Morgan fingerprint density at radius 2 is 1.86 bits per heavy atom. The highest BCUT2D eigenvalue weighted by Crippen LogP contribution is 2.34. The van der Waals surface area contributed by atoms with Crippen LogP contribution in [0.1, 0.15) is 17.5 Å². The first kappa shape index (κ1) is 20.5. The number of anilines is 3. The van der Waals surface area contributed by atoms with Gasteiger partial charge in [0.2, 0.25) is 5.95 Å². The van der Waals surface area contributed by atoms with Crippen molar-refractivity contribution >= 4 is 17.5 Å². The van der Waals surface area contributed by atoms with Gasteiger partial charge in [-0.1, -0.05) is 12.1 Å². The summed E-state index contributed by atoms with van der Waals surface area (Å²) in [4.78, 5) is 13.0. The van der Waals surface area contributed by atoms with Crippen LogP contribution in [0.25, 0.3) is 11.4 Å². The fraction of sp³-hybridized carbons (Fsp3) is 0.250. The number of alkyl halides is 3. The highest BCUT2D eigenvalue weighted by Gasteiger charge is 2.32. The maximum Gasteiger partial charge on any atom is 0.416 e. The molecular formula is C20H20F3N5O. The molecule has 0 aliphatic carbocycles. The quantitative estimate of drug-likeness (QED) is 0.507. The SMILES string of the molecule is Cc1ccc(Nc2cc(-c3ccccn3)nc(NCCCO)n2)cc1C(F)(F)F. The summed E-state index contributed by atoms with van der Waals surface area (Å²) in [5.74, 6) is 0.608. The zero-order chi connectivity index (χ0) is 20.9. The van der Waals surface area contributed by atoms with E-state index in [9.17, 15) is 13.2 Å². The molecule has 0 aliphatic heterocycles. The Kier molecular flexibility index (Phi) is 6.28. The van der Waals surface area contributed by atoms with Gasteiger partial charge < -0.3 is 15.7 Å². The fourth-order valence-electron chi connectivity index (χ4n) is 2.67. The van der Waals surface area contributed by atoms with Crippen molar-refractivity contribution in [3.63, 3.8) is 0 Å². The zero-order valence-electron chi connectivity index (χ0n) is 15.7. The molecule has 3 aromatic rings. The van der Waals surface area contributed by atoms with Crippen LogP contribution >= 0.6 is 0 Å². The van der Waals surface area contributed by atoms with Crippen LogP contribution in [-0.4, -0.2) is 33.2 Å². The number of nitrogens with one attached hydrogen (secondary N) is 2. The molecule has 0 atom stereocenters. The first-order chi connectivity index (χ1) is 13.9. The van der Waals surface area contributed by atoms with E-state index >= 15 is 0 Å². The summed E-state index contributed by atoms with van der Waals surface area (Å²) in [6.45, 7) is 1.88. The molecule has 152 valence electrons. The van der Waals surface area contributed by atoms with E-state index in [4.69, 9.17) is 5.11 Å². The van der Waals surface area contributed by atoms with Crippen molar-refractivity contribution in [1.82, 2.24) is 15.0 Å². The molecule has 0 saturated carbocycles. The largest absolute Gasteiger partial charge is 0.416 e. The van der Waals surface area contributed by atoms with E-state index in [-0.39, 0.29) is 23.8 Å². The molecule has 6 nitrogen and oxygen atoms in total. The van der Waals surface area contributed by atoms with Gasteiger partial charge in [-0.25, -0.2) is 4.98 Å². The van der Waals surface area contributed by atoms with Gasteiger partial charge in [0.25, 0.3) is 0 Å². The maximum absolute atomic E-state index is 13.2. The lowest BCUT2D eigenvalue weighted by Gasteiger charge is -2.14. The van der Waals surface area contributed by atoms with Crippen LogP contribution in [0, 0.1) is 6.92 Å². The molecule has 0 radical (unpaired) electrons. The molecule has 0 amide bonds. The highest BCUT2D eigenvalue weighted by atomic mass is 19.4. The first-order valence-electron chi connectivity index (χ1n) is 8.97. The molecule has 0 unspecified atom stereocenters. The number of nitrogens with zero attached hydrogens (tertiary/aromatic N) is 3. The lowest BCUT2D eigenvalue weighted by atomic mass is 10.1. The minimum atomic E-state index is -4.44. The summed E-state index contributed by atoms with van der Waals surface area (Å²) in [5, 5.41) is 14.9. The number of halogens is 3. The standard InChI is InChI=1S/C20H20F3N5O/c1-13-6-7-14(11-15(13)20(21,22)23)26-18-12-17(16-5-2-3-8-24-16)27-19(28-18)25-9-4-10-29/h2-3,5-8,11-12,29H,4,9-10H2,1H3,(H2,25,26,27,28). The molecule has 0 aliphatic rings.